The Morgan fingerprint density at radius 1 is 1.11 bits per heavy atom. The number of nitriles is 1. The van der Waals surface area contributed by atoms with Crippen molar-refractivity contribution >= 4 is 11.7 Å². The van der Waals surface area contributed by atoms with Gasteiger partial charge in [0.1, 0.15) is 11.9 Å². The lowest BCUT2D eigenvalue weighted by atomic mass is 10.0. The lowest BCUT2D eigenvalue weighted by Gasteiger charge is -2.35. The lowest BCUT2D eigenvalue weighted by Crippen LogP contribution is -2.49. The van der Waals surface area contributed by atoms with Gasteiger partial charge in [0.2, 0.25) is 5.91 Å². The van der Waals surface area contributed by atoms with Crippen molar-refractivity contribution < 1.29 is 4.79 Å². The summed E-state index contributed by atoms with van der Waals surface area (Å²) < 4.78 is 0. The van der Waals surface area contributed by atoms with Gasteiger partial charge in [-0.25, -0.2) is 4.98 Å². The van der Waals surface area contributed by atoms with Gasteiger partial charge in [-0.15, -0.1) is 0 Å². The number of hydrogen-bond acceptors (Lipinski definition) is 4. The Hall–Kier alpha value is -2.87. The first kappa shape index (κ1) is 18.9. The molecule has 1 amide bonds. The molecule has 3 rings (SSSR count). The minimum atomic E-state index is 0.160. The number of hydrogen-bond donors (Lipinski definition) is 0. The second-order valence-electron chi connectivity index (χ2n) is 7.45. The molecule has 2 aromatic rings. The standard InChI is InChI=1S/C22H26N4O/c1-17(2)14-18-5-7-19(8-6-18)15-21(27)25-10-12-26(13-11-25)22-20(16-23)4-3-9-24-22/h3-9,17H,10-15H2,1-2H3. The number of anilines is 1. The van der Waals surface area contributed by atoms with Crippen molar-refractivity contribution in [1.29, 1.82) is 5.26 Å². The van der Waals surface area contributed by atoms with E-state index < -0.39 is 0 Å². The van der Waals surface area contributed by atoms with Gasteiger partial charge in [-0.2, -0.15) is 5.26 Å². The fourth-order valence-electron chi connectivity index (χ4n) is 3.45. The van der Waals surface area contributed by atoms with E-state index in [-0.39, 0.29) is 5.91 Å². The molecule has 140 valence electrons. The predicted octanol–water partition coefficient (Wildman–Crippen LogP) is 3.04. The summed E-state index contributed by atoms with van der Waals surface area (Å²) in [5.41, 5.74) is 2.96. The number of amides is 1. The van der Waals surface area contributed by atoms with Crippen LogP contribution in [0.2, 0.25) is 0 Å². The van der Waals surface area contributed by atoms with Crippen LogP contribution in [0, 0.1) is 17.2 Å². The normalized spacial score (nSPS) is 14.3. The van der Waals surface area contributed by atoms with Gasteiger partial charge in [0.25, 0.3) is 0 Å². The van der Waals surface area contributed by atoms with Gasteiger partial charge in [-0.1, -0.05) is 38.1 Å². The summed E-state index contributed by atoms with van der Waals surface area (Å²) >= 11 is 0. The number of pyridine rings is 1. The van der Waals surface area contributed by atoms with Gasteiger partial charge in [-0.05, 0) is 35.6 Å². The molecular weight excluding hydrogens is 336 g/mol. The quantitative estimate of drug-likeness (QED) is 0.820. The number of carbonyl (C=O) groups is 1. The maximum Gasteiger partial charge on any atom is 0.227 e. The molecule has 0 radical (unpaired) electrons. The summed E-state index contributed by atoms with van der Waals surface area (Å²) in [7, 11) is 0. The van der Waals surface area contributed by atoms with E-state index in [0.29, 0.717) is 49.9 Å². The molecule has 27 heavy (non-hydrogen) atoms. The van der Waals surface area contributed by atoms with E-state index in [1.54, 1.807) is 18.3 Å². The van der Waals surface area contributed by atoms with Crippen LogP contribution in [0.15, 0.2) is 42.6 Å². The first-order chi connectivity index (χ1) is 13.1. The molecule has 5 heteroatoms. The van der Waals surface area contributed by atoms with Crippen LogP contribution >= 0.6 is 0 Å². The Balaban J connectivity index is 1.55. The van der Waals surface area contributed by atoms with Crippen molar-refractivity contribution in [3.05, 3.63) is 59.3 Å². The molecule has 0 unspecified atom stereocenters. The SMILES string of the molecule is CC(C)Cc1ccc(CC(=O)N2CCN(c3ncccc3C#N)CC2)cc1. The first-order valence-electron chi connectivity index (χ1n) is 9.52. The molecule has 0 N–H and O–H groups in total. The van der Waals surface area contributed by atoms with Gasteiger partial charge in [0.05, 0.1) is 12.0 Å². The molecule has 0 saturated carbocycles. The van der Waals surface area contributed by atoms with Crippen LogP contribution in [0.4, 0.5) is 5.82 Å². The summed E-state index contributed by atoms with van der Waals surface area (Å²) in [5.74, 6) is 1.51. The number of nitrogens with zero attached hydrogens (tertiary/aromatic N) is 4. The third-order valence-electron chi connectivity index (χ3n) is 4.86. The zero-order chi connectivity index (χ0) is 19.2. The Bertz CT molecular complexity index is 815. The summed E-state index contributed by atoms with van der Waals surface area (Å²) in [6.45, 7) is 7.14. The fraction of sp³-hybridized carbons (Fsp3) is 0.409. The number of aromatic nitrogens is 1. The van der Waals surface area contributed by atoms with E-state index in [1.165, 1.54) is 5.56 Å². The smallest absolute Gasteiger partial charge is 0.227 e. The third kappa shape index (κ3) is 4.85. The average molecular weight is 362 g/mol. The van der Waals surface area contributed by atoms with Crippen molar-refractivity contribution in [2.45, 2.75) is 26.7 Å². The third-order valence-corrected chi connectivity index (χ3v) is 4.86. The fourth-order valence-corrected chi connectivity index (χ4v) is 3.45. The van der Waals surface area contributed by atoms with Crippen molar-refractivity contribution in [2.75, 3.05) is 31.1 Å². The molecule has 1 saturated heterocycles. The van der Waals surface area contributed by atoms with Crippen LogP contribution in [0.3, 0.4) is 0 Å². The highest BCUT2D eigenvalue weighted by Crippen LogP contribution is 2.18. The minimum absolute atomic E-state index is 0.160. The van der Waals surface area contributed by atoms with Crippen LogP contribution in [0.25, 0.3) is 0 Å². The molecule has 2 heterocycles. The summed E-state index contributed by atoms with van der Waals surface area (Å²) in [6.07, 6.45) is 3.21. The molecule has 1 fully saturated rings. The van der Waals surface area contributed by atoms with E-state index in [1.807, 2.05) is 4.90 Å². The molecule has 1 aliphatic heterocycles. The maximum absolute atomic E-state index is 12.6. The van der Waals surface area contributed by atoms with Crippen molar-refractivity contribution in [3.8, 4) is 6.07 Å². The second-order valence-corrected chi connectivity index (χ2v) is 7.45. The Morgan fingerprint density at radius 3 is 2.41 bits per heavy atom. The first-order valence-corrected chi connectivity index (χ1v) is 9.52. The highest BCUT2D eigenvalue weighted by atomic mass is 16.2. The molecule has 0 atom stereocenters. The number of carbonyl (C=O) groups excluding carboxylic acids is 1. The van der Waals surface area contributed by atoms with Crippen LogP contribution in [0.1, 0.15) is 30.5 Å². The van der Waals surface area contributed by atoms with Crippen molar-refractivity contribution in [1.82, 2.24) is 9.88 Å². The van der Waals surface area contributed by atoms with Gasteiger partial charge in [-0.3, -0.25) is 4.79 Å². The second kappa shape index (κ2) is 8.68. The van der Waals surface area contributed by atoms with Gasteiger partial charge in [0.15, 0.2) is 0 Å². The number of rotatable bonds is 5. The zero-order valence-corrected chi connectivity index (χ0v) is 16.1. The molecule has 1 aromatic carbocycles. The molecule has 0 bridgehead atoms. The predicted molar refractivity (Wildman–Crippen MR) is 106 cm³/mol. The van der Waals surface area contributed by atoms with Gasteiger partial charge < -0.3 is 9.80 Å². The topological polar surface area (TPSA) is 60.2 Å². The number of piperazine rings is 1. The van der Waals surface area contributed by atoms with Crippen LogP contribution in [-0.2, 0) is 17.6 Å². The monoisotopic (exact) mass is 362 g/mol. The van der Waals surface area contributed by atoms with E-state index in [4.69, 9.17) is 0 Å². The minimum Gasteiger partial charge on any atom is -0.352 e. The largest absolute Gasteiger partial charge is 0.352 e. The van der Waals surface area contributed by atoms with Gasteiger partial charge >= 0.3 is 0 Å². The van der Waals surface area contributed by atoms with Crippen LogP contribution in [0.5, 0.6) is 0 Å². The Morgan fingerprint density at radius 2 is 1.78 bits per heavy atom. The highest BCUT2D eigenvalue weighted by Gasteiger charge is 2.23. The highest BCUT2D eigenvalue weighted by molar-refractivity contribution is 5.79. The van der Waals surface area contributed by atoms with Crippen LogP contribution < -0.4 is 4.90 Å². The molecule has 1 aliphatic rings. The van der Waals surface area contributed by atoms with E-state index in [9.17, 15) is 10.1 Å². The summed E-state index contributed by atoms with van der Waals surface area (Å²) in [6, 6.07) is 14.1. The average Bonchev–Trinajstić information content (AvgIpc) is 2.69. The van der Waals surface area contributed by atoms with Crippen molar-refractivity contribution in [2.24, 2.45) is 5.92 Å². The summed E-state index contributed by atoms with van der Waals surface area (Å²) in [4.78, 5) is 21.0. The van der Waals surface area contributed by atoms with Crippen molar-refractivity contribution in [3.63, 3.8) is 0 Å². The molecule has 5 nitrogen and oxygen atoms in total. The molecule has 1 aromatic heterocycles. The summed E-state index contributed by atoms with van der Waals surface area (Å²) in [5, 5.41) is 9.24. The zero-order valence-electron chi connectivity index (χ0n) is 16.1. The number of benzene rings is 1. The van der Waals surface area contributed by atoms with E-state index >= 15 is 0 Å². The van der Waals surface area contributed by atoms with E-state index in [0.717, 1.165) is 12.0 Å². The molecule has 0 spiro atoms. The van der Waals surface area contributed by atoms with Crippen LogP contribution in [-0.4, -0.2) is 42.0 Å². The van der Waals surface area contributed by atoms with E-state index in [2.05, 4.69) is 54.1 Å². The lowest BCUT2D eigenvalue weighted by molar-refractivity contribution is -0.130. The molecular formula is C22H26N4O. The van der Waals surface area contributed by atoms with Gasteiger partial charge in [0, 0.05) is 32.4 Å². The molecule has 0 aliphatic carbocycles. The Kier molecular flexibility index (Phi) is 6.08. The maximum atomic E-state index is 12.6. The Labute approximate surface area is 161 Å².